The minimum Gasteiger partial charge on any atom is -0.461 e. The lowest BCUT2D eigenvalue weighted by Gasteiger charge is -2.59. The highest BCUT2D eigenvalue weighted by Gasteiger charge is 2.55. The van der Waals surface area contributed by atoms with Crippen molar-refractivity contribution in [2.24, 2.45) is 5.41 Å². The highest BCUT2D eigenvalue weighted by atomic mass is 16.7. The van der Waals surface area contributed by atoms with Gasteiger partial charge in [-0.05, 0) is 64.3 Å². The summed E-state index contributed by atoms with van der Waals surface area (Å²) in [5.74, 6) is -0.870. The molecule has 2 aliphatic heterocycles. The molecule has 0 amide bonds. The molecule has 0 radical (unpaired) electrons. The van der Waals surface area contributed by atoms with Gasteiger partial charge in [-0.1, -0.05) is 39.8 Å². The lowest BCUT2D eigenvalue weighted by atomic mass is 9.75. The normalized spacial score (nSPS) is 24.3. The van der Waals surface area contributed by atoms with Crippen molar-refractivity contribution < 1.29 is 19.0 Å². The number of carbonyl (C=O) groups is 1. The third-order valence-corrected chi connectivity index (χ3v) is 7.75. The Morgan fingerprint density at radius 2 is 1.50 bits per heavy atom. The molecule has 180 valence electrons. The van der Waals surface area contributed by atoms with Crippen LogP contribution in [0.2, 0.25) is 0 Å². The number of carbonyl (C=O) groups excluding carboxylic acids is 1. The van der Waals surface area contributed by atoms with Crippen molar-refractivity contribution in [2.45, 2.75) is 96.9 Å². The summed E-state index contributed by atoms with van der Waals surface area (Å²) in [7, 11) is 2.18. The largest absolute Gasteiger partial charge is 0.461 e. The number of piperidine rings is 1. The Morgan fingerprint density at radius 3 is 1.94 bits per heavy atom. The van der Waals surface area contributed by atoms with Crippen LogP contribution < -0.4 is 0 Å². The summed E-state index contributed by atoms with van der Waals surface area (Å²) in [4.78, 5) is 15.1. The maximum atomic E-state index is 12.7. The number of likely N-dealkylation sites (tertiary alicyclic amines) is 1. The van der Waals surface area contributed by atoms with Crippen LogP contribution in [0.15, 0.2) is 24.3 Å². The molecule has 2 aliphatic rings. The zero-order valence-electron chi connectivity index (χ0n) is 21.6. The topological polar surface area (TPSA) is 48.0 Å². The molecule has 3 rings (SSSR count). The molecule has 0 aliphatic carbocycles. The predicted octanol–water partition coefficient (Wildman–Crippen LogP) is 5.56. The zero-order chi connectivity index (χ0) is 24.0. The number of ether oxygens (including phenoxy) is 3. The van der Waals surface area contributed by atoms with E-state index in [-0.39, 0.29) is 27.9 Å². The van der Waals surface area contributed by atoms with Gasteiger partial charge >= 0.3 is 5.97 Å². The Balaban J connectivity index is 1.64. The van der Waals surface area contributed by atoms with E-state index in [1.807, 2.05) is 24.3 Å². The molecule has 1 aromatic carbocycles. The van der Waals surface area contributed by atoms with Gasteiger partial charge < -0.3 is 14.2 Å². The van der Waals surface area contributed by atoms with Crippen LogP contribution >= 0.6 is 0 Å². The number of benzene rings is 1. The van der Waals surface area contributed by atoms with Gasteiger partial charge in [0.15, 0.2) is 5.79 Å². The molecule has 2 saturated heterocycles. The summed E-state index contributed by atoms with van der Waals surface area (Å²) in [5, 5.41) is 0. The minimum absolute atomic E-state index is 0.0281. The molecule has 1 spiro atoms. The first-order valence-electron chi connectivity index (χ1n) is 11.9. The van der Waals surface area contributed by atoms with Crippen molar-refractivity contribution in [1.29, 1.82) is 0 Å². The lowest BCUT2D eigenvalue weighted by molar-refractivity contribution is -0.344. The summed E-state index contributed by atoms with van der Waals surface area (Å²) in [5.41, 5.74) is 1.46. The molecule has 0 saturated carbocycles. The molecule has 0 unspecified atom stereocenters. The van der Waals surface area contributed by atoms with Crippen molar-refractivity contribution >= 4 is 5.97 Å². The third-order valence-electron chi connectivity index (χ3n) is 7.75. The summed E-state index contributed by atoms with van der Waals surface area (Å²) in [6.07, 6.45) is 2.46. The maximum Gasteiger partial charge on any atom is 0.338 e. The Labute approximate surface area is 194 Å². The molecule has 0 aromatic heterocycles. The van der Waals surface area contributed by atoms with Crippen LogP contribution in [0.3, 0.4) is 0 Å². The number of nitrogens with zero attached hydrogens (tertiary/aromatic N) is 1. The number of esters is 1. The van der Waals surface area contributed by atoms with Gasteiger partial charge in [0, 0.05) is 23.9 Å². The Kier molecular flexibility index (Phi) is 6.62. The molecule has 2 fully saturated rings. The van der Waals surface area contributed by atoms with Crippen molar-refractivity contribution in [2.75, 3.05) is 26.9 Å². The van der Waals surface area contributed by atoms with Crippen LogP contribution in [-0.2, 0) is 19.6 Å². The first-order chi connectivity index (χ1) is 14.6. The highest BCUT2D eigenvalue weighted by Crippen LogP contribution is 2.48. The zero-order valence-corrected chi connectivity index (χ0v) is 21.6. The Bertz CT molecular complexity index is 791. The highest BCUT2D eigenvalue weighted by molar-refractivity contribution is 5.89. The van der Waals surface area contributed by atoms with E-state index in [9.17, 15) is 4.79 Å². The summed E-state index contributed by atoms with van der Waals surface area (Å²) in [6.45, 7) is 19.0. The quantitative estimate of drug-likeness (QED) is 0.568. The summed E-state index contributed by atoms with van der Waals surface area (Å²) in [6, 6.07) is 7.72. The van der Waals surface area contributed by atoms with E-state index in [1.54, 1.807) is 0 Å². The second-order valence-corrected chi connectivity index (χ2v) is 12.3. The van der Waals surface area contributed by atoms with Crippen molar-refractivity contribution in [3.8, 4) is 0 Å². The van der Waals surface area contributed by atoms with E-state index in [2.05, 4.69) is 67.3 Å². The molecular weight excluding hydrogens is 402 g/mol. The maximum absolute atomic E-state index is 12.7. The van der Waals surface area contributed by atoms with E-state index < -0.39 is 5.79 Å². The third kappa shape index (κ3) is 5.05. The van der Waals surface area contributed by atoms with Crippen molar-refractivity contribution in [1.82, 2.24) is 4.90 Å². The number of hydrogen-bond acceptors (Lipinski definition) is 5. The van der Waals surface area contributed by atoms with Gasteiger partial charge in [0.25, 0.3) is 0 Å². The number of rotatable bonds is 4. The molecule has 5 heteroatoms. The van der Waals surface area contributed by atoms with Crippen molar-refractivity contribution in [3.63, 3.8) is 0 Å². The molecule has 0 N–H and O–H groups in total. The van der Waals surface area contributed by atoms with E-state index in [4.69, 9.17) is 14.2 Å². The fourth-order valence-electron chi connectivity index (χ4n) is 5.09. The molecule has 0 bridgehead atoms. The molecular formula is C27H43NO4. The fourth-order valence-corrected chi connectivity index (χ4v) is 5.09. The second kappa shape index (κ2) is 8.41. The second-order valence-electron chi connectivity index (χ2n) is 12.3. The summed E-state index contributed by atoms with van der Waals surface area (Å²) < 4.78 is 18.7. The molecule has 32 heavy (non-hydrogen) atoms. The molecule has 1 aromatic rings. The average molecular weight is 446 g/mol. The van der Waals surface area contributed by atoms with Crippen LogP contribution in [0, 0.1) is 5.41 Å². The van der Waals surface area contributed by atoms with Gasteiger partial charge in [-0.15, -0.1) is 0 Å². The first-order valence-corrected chi connectivity index (χ1v) is 11.9. The lowest BCUT2D eigenvalue weighted by Crippen LogP contribution is -2.67. The summed E-state index contributed by atoms with van der Waals surface area (Å²) >= 11 is 0. The van der Waals surface area contributed by atoms with Crippen LogP contribution in [0.1, 0.15) is 90.6 Å². The standard InChI is InChI=1S/C27H43NO4/c1-10-26(17-30-22(29)20-11-13-21(14-12-20)23(2,3)4)18-31-27(32-19-26)15-24(5,6)28(9)25(7,8)16-27/h11-14H,10,15-19H2,1-9H3. The van der Waals surface area contributed by atoms with Crippen molar-refractivity contribution in [3.05, 3.63) is 35.4 Å². The van der Waals surface area contributed by atoms with E-state index in [0.29, 0.717) is 25.4 Å². The Hall–Kier alpha value is -1.43. The van der Waals surface area contributed by atoms with Crippen LogP contribution in [0.4, 0.5) is 0 Å². The first kappa shape index (κ1) is 25.2. The van der Waals surface area contributed by atoms with E-state index >= 15 is 0 Å². The predicted molar refractivity (Wildman–Crippen MR) is 128 cm³/mol. The Morgan fingerprint density at radius 1 is 1.00 bits per heavy atom. The van der Waals surface area contributed by atoms with Gasteiger partial charge in [-0.3, -0.25) is 4.90 Å². The van der Waals surface area contributed by atoms with Gasteiger partial charge in [0.1, 0.15) is 6.61 Å². The van der Waals surface area contributed by atoms with Gasteiger partial charge in [0.2, 0.25) is 0 Å². The smallest absolute Gasteiger partial charge is 0.338 e. The average Bonchev–Trinajstić information content (AvgIpc) is 2.71. The van der Waals surface area contributed by atoms with E-state index in [1.165, 1.54) is 5.56 Å². The minimum atomic E-state index is -0.578. The molecule has 2 heterocycles. The fraction of sp³-hybridized carbons (Fsp3) is 0.741. The van der Waals surface area contributed by atoms with Crippen LogP contribution in [0.25, 0.3) is 0 Å². The molecule has 5 nitrogen and oxygen atoms in total. The van der Waals surface area contributed by atoms with Crippen LogP contribution in [-0.4, -0.2) is 54.6 Å². The van der Waals surface area contributed by atoms with Gasteiger partial charge in [-0.25, -0.2) is 4.79 Å². The molecule has 0 atom stereocenters. The SMILES string of the molecule is CCC1(COC(=O)c2ccc(C(C)(C)C)cc2)COC2(CC(C)(C)N(C)C(C)(C)C2)OC1. The van der Waals surface area contributed by atoms with Gasteiger partial charge in [0.05, 0.1) is 24.2 Å². The van der Waals surface area contributed by atoms with Gasteiger partial charge in [-0.2, -0.15) is 0 Å². The van der Waals surface area contributed by atoms with Crippen LogP contribution in [0.5, 0.6) is 0 Å². The monoisotopic (exact) mass is 445 g/mol. The number of hydrogen-bond donors (Lipinski definition) is 0. The van der Waals surface area contributed by atoms with E-state index in [0.717, 1.165) is 19.3 Å².